The maximum Gasteiger partial charge on any atom is 0.306 e. The van der Waals surface area contributed by atoms with E-state index in [4.69, 9.17) is 23.7 Å². The summed E-state index contributed by atoms with van der Waals surface area (Å²) < 4.78 is 22.1. The number of methoxy groups -OCH3 is 3. The first-order valence-corrected chi connectivity index (χ1v) is 8.52. The van der Waals surface area contributed by atoms with Crippen LogP contribution < -0.4 is 14.2 Å². The Kier molecular flexibility index (Phi) is 5.26. The van der Waals surface area contributed by atoms with Gasteiger partial charge in [0.05, 0.1) is 27.2 Å². The van der Waals surface area contributed by atoms with E-state index in [2.05, 4.69) is 0 Å². The first kappa shape index (κ1) is 18.6. The molecular weight excluding hydrogens is 348 g/mol. The van der Waals surface area contributed by atoms with Crippen molar-refractivity contribution >= 4 is 16.9 Å². The van der Waals surface area contributed by atoms with Crippen molar-refractivity contribution in [2.24, 2.45) is 5.92 Å². The van der Waals surface area contributed by atoms with Gasteiger partial charge in [-0.15, -0.1) is 0 Å². The minimum absolute atomic E-state index is 0.412. The second-order valence-electron chi connectivity index (χ2n) is 6.37. The van der Waals surface area contributed by atoms with Gasteiger partial charge in [0.2, 0.25) is 0 Å². The number of benzene rings is 2. The molecule has 0 bridgehead atoms. The van der Waals surface area contributed by atoms with E-state index in [1.54, 1.807) is 34.3 Å². The molecule has 0 fully saturated rings. The van der Waals surface area contributed by atoms with Gasteiger partial charge in [-0.1, -0.05) is 6.92 Å². The number of ether oxygens (including phenoxy) is 3. The molecule has 27 heavy (non-hydrogen) atoms. The summed E-state index contributed by atoms with van der Waals surface area (Å²) in [5.74, 6) is 1.22. The standard InChI is InChI=1S/C21H22O6/c1-12(21(22)23)5-13-6-15-10-18(27-20(15)19(7-13)26-4)14-8-16(24-2)11-17(9-14)25-3/h6-12H,5H2,1-4H3,(H,22,23). The molecule has 0 saturated carbocycles. The van der Waals surface area contributed by atoms with Crippen LogP contribution in [0.2, 0.25) is 0 Å². The highest BCUT2D eigenvalue weighted by molar-refractivity contribution is 5.88. The molecule has 0 radical (unpaired) electrons. The summed E-state index contributed by atoms with van der Waals surface area (Å²) in [6, 6.07) is 11.2. The molecule has 1 N–H and O–H groups in total. The zero-order chi connectivity index (χ0) is 19.6. The normalized spacial score (nSPS) is 12.0. The smallest absolute Gasteiger partial charge is 0.306 e. The molecule has 0 amide bonds. The number of hydrogen-bond acceptors (Lipinski definition) is 5. The number of hydrogen-bond donors (Lipinski definition) is 1. The molecule has 1 aromatic heterocycles. The van der Waals surface area contributed by atoms with Gasteiger partial charge >= 0.3 is 5.97 Å². The highest BCUT2D eigenvalue weighted by atomic mass is 16.5. The maximum atomic E-state index is 11.2. The van der Waals surface area contributed by atoms with Crippen molar-refractivity contribution in [3.63, 3.8) is 0 Å². The van der Waals surface area contributed by atoms with E-state index < -0.39 is 11.9 Å². The second-order valence-corrected chi connectivity index (χ2v) is 6.37. The van der Waals surface area contributed by atoms with Crippen LogP contribution in [0.15, 0.2) is 40.8 Å². The fraction of sp³-hybridized carbons (Fsp3) is 0.286. The minimum atomic E-state index is -0.828. The highest BCUT2D eigenvalue weighted by Gasteiger charge is 2.17. The summed E-state index contributed by atoms with van der Waals surface area (Å²) in [5, 5.41) is 10.0. The molecular formula is C21H22O6. The fourth-order valence-corrected chi connectivity index (χ4v) is 2.98. The molecule has 1 atom stereocenters. The van der Waals surface area contributed by atoms with E-state index in [0.29, 0.717) is 35.0 Å². The van der Waals surface area contributed by atoms with Gasteiger partial charge in [0, 0.05) is 17.0 Å². The molecule has 142 valence electrons. The quantitative estimate of drug-likeness (QED) is 0.665. The first-order valence-electron chi connectivity index (χ1n) is 8.52. The van der Waals surface area contributed by atoms with Crippen LogP contribution >= 0.6 is 0 Å². The summed E-state index contributed by atoms with van der Waals surface area (Å²) in [4.78, 5) is 11.2. The molecule has 3 rings (SSSR count). The number of carbonyl (C=O) groups is 1. The zero-order valence-electron chi connectivity index (χ0n) is 15.7. The Morgan fingerprint density at radius 2 is 1.67 bits per heavy atom. The summed E-state index contributed by atoms with van der Waals surface area (Å²) in [7, 11) is 4.75. The predicted molar refractivity (Wildman–Crippen MR) is 102 cm³/mol. The summed E-state index contributed by atoms with van der Waals surface area (Å²) >= 11 is 0. The number of furan rings is 1. The van der Waals surface area contributed by atoms with Gasteiger partial charge in [-0.05, 0) is 42.3 Å². The Morgan fingerprint density at radius 1 is 1.00 bits per heavy atom. The molecule has 3 aromatic rings. The van der Waals surface area contributed by atoms with Gasteiger partial charge in [-0.3, -0.25) is 4.79 Å². The van der Waals surface area contributed by atoms with Gasteiger partial charge in [0.1, 0.15) is 17.3 Å². The van der Waals surface area contributed by atoms with Gasteiger partial charge < -0.3 is 23.7 Å². The average molecular weight is 370 g/mol. The number of carboxylic acid groups (broad SMARTS) is 1. The van der Waals surface area contributed by atoms with E-state index >= 15 is 0 Å². The van der Waals surface area contributed by atoms with E-state index in [1.165, 1.54) is 0 Å². The maximum absolute atomic E-state index is 11.2. The van der Waals surface area contributed by atoms with Crippen molar-refractivity contribution < 1.29 is 28.5 Å². The zero-order valence-corrected chi connectivity index (χ0v) is 15.7. The third-order valence-corrected chi connectivity index (χ3v) is 4.46. The third-order valence-electron chi connectivity index (χ3n) is 4.46. The minimum Gasteiger partial charge on any atom is -0.497 e. The average Bonchev–Trinajstić information content (AvgIpc) is 3.10. The summed E-state index contributed by atoms with van der Waals surface area (Å²) in [6.07, 6.45) is 0.412. The van der Waals surface area contributed by atoms with Gasteiger partial charge in [0.15, 0.2) is 11.3 Å². The summed E-state index contributed by atoms with van der Waals surface area (Å²) in [6.45, 7) is 1.68. The van der Waals surface area contributed by atoms with Gasteiger partial charge in [-0.25, -0.2) is 0 Å². The highest BCUT2D eigenvalue weighted by Crippen LogP contribution is 2.37. The SMILES string of the molecule is COc1cc(OC)cc(-c2cc3cc(CC(C)C(=O)O)cc(OC)c3o2)c1. The Balaban J connectivity index is 2.08. The lowest BCUT2D eigenvalue weighted by atomic mass is 10.00. The van der Waals surface area contributed by atoms with Crippen LogP contribution in [0.25, 0.3) is 22.3 Å². The molecule has 2 aromatic carbocycles. The Bertz CT molecular complexity index is 950. The van der Waals surface area contributed by atoms with Crippen LogP contribution in [0.5, 0.6) is 17.2 Å². The van der Waals surface area contributed by atoms with Crippen molar-refractivity contribution in [2.45, 2.75) is 13.3 Å². The molecule has 0 saturated heterocycles. The molecule has 6 heteroatoms. The Hall–Kier alpha value is -3.15. The van der Waals surface area contributed by atoms with Crippen molar-refractivity contribution in [3.05, 3.63) is 42.0 Å². The monoisotopic (exact) mass is 370 g/mol. The van der Waals surface area contributed by atoms with Crippen molar-refractivity contribution in [2.75, 3.05) is 21.3 Å². The lowest BCUT2D eigenvalue weighted by molar-refractivity contribution is -0.141. The van der Waals surface area contributed by atoms with E-state index in [0.717, 1.165) is 16.5 Å². The number of carboxylic acids is 1. The van der Waals surface area contributed by atoms with Crippen LogP contribution in [0, 0.1) is 5.92 Å². The van der Waals surface area contributed by atoms with E-state index in [9.17, 15) is 4.79 Å². The first-order chi connectivity index (χ1) is 12.9. The van der Waals surface area contributed by atoms with Crippen molar-refractivity contribution in [1.82, 2.24) is 0 Å². The van der Waals surface area contributed by atoms with Crippen LogP contribution in [0.1, 0.15) is 12.5 Å². The van der Waals surface area contributed by atoms with Crippen LogP contribution in [-0.2, 0) is 11.2 Å². The molecule has 0 aliphatic heterocycles. The molecule has 1 heterocycles. The number of fused-ring (bicyclic) bond motifs is 1. The van der Waals surface area contributed by atoms with E-state index in [-0.39, 0.29) is 0 Å². The largest absolute Gasteiger partial charge is 0.497 e. The third kappa shape index (κ3) is 3.84. The molecule has 0 aliphatic rings. The van der Waals surface area contributed by atoms with Crippen LogP contribution in [0.4, 0.5) is 0 Å². The van der Waals surface area contributed by atoms with Crippen LogP contribution in [0.3, 0.4) is 0 Å². The lowest BCUT2D eigenvalue weighted by Gasteiger charge is -2.08. The molecule has 1 unspecified atom stereocenters. The predicted octanol–water partition coefficient (Wildman–Crippen LogP) is 4.39. The van der Waals surface area contributed by atoms with E-state index in [1.807, 2.05) is 30.3 Å². The Labute approximate surface area is 157 Å². The number of rotatable bonds is 7. The van der Waals surface area contributed by atoms with Crippen molar-refractivity contribution in [3.8, 4) is 28.6 Å². The molecule has 6 nitrogen and oxygen atoms in total. The van der Waals surface area contributed by atoms with Gasteiger partial charge in [0.25, 0.3) is 0 Å². The fourth-order valence-electron chi connectivity index (χ4n) is 2.98. The number of aliphatic carboxylic acids is 1. The van der Waals surface area contributed by atoms with Gasteiger partial charge in [-0.2, -0.15) is 0 Å². The molecule has 0 aliphatic carbocycles. The topological polar surface area (TPSA) is 78.1 Å². The van der Waals surface area contributed by atoms with Crippen molar-refractivity contribution in [1.29, 1.82) is 0 Å². The summed E-state index contributed by atoms with van der Waals surface area (Å²) in [5.41, 5.74) is 2.30. The second kappa shape index (κ2) is 7.61. The lowest BCUT2D eigenvalue weighted by Crippen LogP contribution is -2.12. The molecule has 0 spiro atoms. The Morgan fingerprint density at radius 3 is 2.22 bits per heavy atom. The van der Waals surface area contributed by atoms with Crippen LogP contribution in [-0.4, -0.2) is 32.4 Å².